The number of amides is 1. The van der Waals surface area contributed by atoms with Gasteiger partial charge in [-0.15, -0.1) is 6.42 Å². The van der Waals surface area contributed by atoms with E-state index in [0.717, 1.165) is 25.7 Å². The fourth-order valence-electron chi connectivity index (χ4n) is 1.87. The highest BCUT2D eigenvalue weighted by molar-refractivity contribution is 5.82. The molecule has 0 aliphatic heterocycles. The normalized spacial score (nSPS) is 20.4. The molecule has 15 heavy (non-hydrogen) atoms. The first-order valence-corrected chi connectivity index (χ1v) is 5.70. The van der Waals surface area contributed by atoms with Gasteiger partial charge in [0.2, 0.25) is 5.91 Å². The number of carbonyl (C=O) groups excluding carboxylic acids is 1. The Morgan fingerprint density at radius 1 is 1.27 bits per heavy atom. The van der Waals surface area contributed by atoms with E-state index in [0.29, 0.717) is 0 Å². The molecule has 2 nitrogen and oxygen atoms in total. The van der Waals surface area contributed by atoms with Crippen molar-refractivity contribution in [3.05, 3.63) is 0 Å². The number of rotatable bonds is 1. The fraction of sp³-hybridized carbons (Fsp3) is 0.769. The van der Waals surface area contributed by atoms with E-state index in [4.69, 9.17) is 6.42 Å². The molecular formula is C13H21NO. The van der Waals surface area contributed by atoms with Crippen LogP contribution in [-0.4, -0.2) is 11.4 Å². The fourth-order valence-corrected chi connectivity index (χ4v) is 1.87. The van der Waals surface area contributed by atoms with Gasteiger partial charge < -0.3 is 5.32 Å². The van der Waals surface area contributed by atoms with E-state index in [-0.39, 0.29) is 16.9 Å². The molecule has 0 saturated heterocycles. The number of carbonyl (C=O) groups is 1. The summed E-state index contributed by atoms with van der Waals surface area (Å²) < 4.78 is 0. The van der Waals surface area contributed by atoms with Crippen molar-refractivity contribution in [2.45, 2.75) is 58.4 Å². The SMILES string of the molecule is C#CC1(NC(=O)C(C)(C)C)CCCCC1. The Balaban J connectivity index is 2.69. The molecule has 1 N–H and O–H groups in total. The van der Waals surface area contributed by atoms with Gasteiger partial charge in [0.25, 0.3) is 0 Å². The van der Waals surface area contributed by atoms with Gasteiger partial charge in [-0.3, -0.25) is 4.79 Å². The van der Waals surface area contributed by atoms with Gasteiger partial charge in [0.1, 0.15) is 5.54 Å². The molecule has 0 atom stereocenters. The van der Waals surface area contributed by atoms with Crippen LogP contribution < -0.4 is 5.32 Å². The second-order valence-corrected chi connectivity index (χ2v) is 5.49. The molecule has 84 valence electrons. The summed E-state index contributed by atoms with van der Waals surface area (Å²) in [6.07, 6.45) is 10.9. The smallest absolute Gasteiger partial charge is 0.226 e. The van der Waals surface area contributed by atoms with E-state index in [1.807, 2.05) is 20.8 Å². The molecule has 1 fully saturated rings. The van der Waals surface area contributed by atoms with Crippen LogP contribution >= 0.6 is 0 Å². The standard InChI is InChI=1S/C13H21NO/c1-5-13(9-7-6-8-10-13)14-11(15)12(2,3)4/h1H,6-10H2,2-4H3,(H,14,15). The summed E-state index contributed by atoms with van der Waals surface area (Å²) in [4.78, 5) is 11.9. The van der Waals surface area contributed by atoms with E-state index in [1.165, 1.54) is 6.42 Å². The van der Waals surface area contributed by atoms with Crippen molar-refractivity contribution in [1.82, 2.24) is 5.32 Å². The van der Waals surface area contributed by atoms with Crippen LogP contribution in [0.25, 0.3) is 0 Å². The molecule has 0 bridgehead atoms. The monoisotopic (exact) mass is 207 g/mol. The van der Waals surface area contributed by atoms with Crippen molar-refractivity contribution >= 4 is 5.91 Å². The second kappa shape index (κ2) is 4.26. The zero-order valence-electron chi connectivity index (χ0n) is 10.0. The molecule has 0 radical (unpaired) electrons. The first-order valence-electron chi connectivity index (χ1n) is 5.70. The lowest BCUT2D eigenvalue weighted by Gasteiger charge is -2.35. The highest BCUT2D eigenvalue weighted by Crippen LogP contribution is 2.28. The molecule has 2 heteroatoms. The lowest BCUT2D eigenvalue weighted by molar-refractivity contribution is -0.130. The molecule has 1 rings (SSSR count). The van der Waals surface area contributed by atoms with Gasteiger partial charge in [-0.1, -0.05) is 46.0 Å². The summed E-state index contributed by atoms with van der Waals surface area (Å²) >= 11 is 0. The Bertz CT molecular complexity index is 274. The maximum Gasteiger partial charge on any atom is 0.226 e. The van der Waals surface area contributed by atoms with Crippen LogP contribution in [-0.2, 0) is 4.79 Å². The summed E-state index contributed by atoms with van der Waals surface area (Å²) in [5, 5.41) is 3.05. The first-order chi connectivity index (χ1) is 6.90. The molecule has 0 heterocycles. The summed E-state index contributed by atoms with van der Waals surface area (Å²) in [7, 11) is 0. The minimum atomic E-state index is -0.372. The molecule has 1 saturated carbocycles. The van der Waals surface area contributed by atoms with E-state index in [1.54, 1.807) is 0 Å². The Morgan fingerprint density at radius 3 is 2.20 bits per heavy atom. The summed E-state index contributed by atoms with van der Waals surface area (Å²) in [6, 6.07) is 0. The quantitative estimate of drug-likeness (QED) is 0.658. The third kappa shape index (κ3) is 2.99. The van der Waals surface area contributed by atoms with E-state index >= 15 is 0 Å². The highest BCUT2D eigenvalue weighted by Gasteiger charge is 2.34. The van der Waals surface area contributed by atoms with Crippen molar-refractivity contribution in [1.29, 1.82) is 0 Å². The molecule has 1 aliphatic carbocycles. The summed E-state index contributed by atoms with van der Waals surface area (Å²) in [5.41, 5.74) is -0.732. The summed E-state index contributed by atoms with van der Waals surface area (Å²) in [5.74, 6) is 2.85. The molecule has 0 aromatic heterocycles. The Hall–Kier alpha value is -0.970. The number of hydrogen-bond acceptors (Lipinski definition) is 1. The Labute approximate surface area is 92.8 Å². The number of hydrogen-bond donors (Lipinski definition) is 1. The predicted molar refractivity (Wildman–Crippen MR) is 62.2 cm³/mol. The van der Waals surface area contributed by atoms with Crippen molar-refractivity contribution in [2.24, 2.45) is 5.41 Å². The molecule has 0 aromatic carbocycles. The van der Waals surface area contributed by atoms with Gasteiger partial charge in [-0.2, -0.15) is 0 Å². The summed E-state index contributed by atoms with van der Waals surface area (Å²) in [6.45, 7) is 5.74. The van der Waals surface area contributed by atoms with E-state index in [2.05, 4.69) is 11.2 Å². The van der Waals surface area contributed by atoms with Gasteiger partial charge in [-0.05, 0) is 12.8 Å². The Morgan fingerprint density at radius 2 is 1.80 bits per heavy atom. The van der Waals surface area contributed by atoms with Crippen molar-refractivity contribution in [3.8, 4) is 12.3 Å². The van der Waals surface area contributed by atoms with Gasteiger partial charge in [0, 0.05) is 5.41 Å². The van der Waals surface area contributed by atoms with E-state index < -0.39 is 0 Å². The second-order valence-electron chi connectivity index (χ2n) is 5.49. The number of nitrogens with one attached hydrogen (secondary N) is 1. The molecule has 0 unspecified atom stereocenters. The van der Waals surface area contributed by atoms with Crippen molar-refractivity contribution < 1.29 is 4.79 Å². The topological polar surface area (TPSA) is 29.1 Å². The average molecular weight is 207 g/mol. The zero-order valence-corrected chi connectivity index (χ0v) is 10.0. The van der Waals surface area contributed by atoms with Gasteiger partial charge >= 0.3 is 0 Å². The average Bonchev–Trinajstić information content (AvgIpc) is 2.18. The third-order valence-electron chi connectivity index (χ3n) is 3.02. The highest BCUT2D eigenvalue weighted by atomic mass is 16.2. The van der Waals surface area contributed by atoms with Crippen LogP contribution in [0.15, 0.2) is 0 Å². The lowest BCUT2D eigenvalue weighted by Crippen LogP contribution is -2.52. The molecule has 0 spiro atoms. The maximum absolute atomic E-state index is 11.9. The van der Waals surface area contributed by atoms with E-state index in [9.17, 15) is 4.79 Å². The molecule has 0 aromatic rings. The van der Waals surface area contributed by atoms with Crippen LogP contribution in [0.1, 0.15) is 52.9 Å². The van der Waals surface area contributed by atoms with Crippen molar-refractivity contribution in [2.75, 3.05) is 0 Å². The van der Waals surface area contributed by atoms with Gasteiger partial charge in [0.05, 0.1) is 0 Å². The molecule has 1 amide bonds. The van der Waals surface area contributed by atoms with Crippen LogP contribution in [0, 0.1) is 17.8 Å². The van der Waals surface area contributed by atoms with Gasteiger partial charge in [-0.25, -0.2) is 0 Å². The number of terminal acetylenes is 1. The zero-order chi connectivity index (χ0) is 11.5. The van der Waals surface area contributed by atoms with Crippen LogP contribution in [0.2, 0.25) is 0 Å². The minimum Gasteiger partial charge on any atom is -0.339 e. The van der Waals surface area contributed by atoms with Gasteiger partial charge in [0.15, 0.2) is 0 Å². The van der Waals surface area contributed by atoms with Crippen molar-refractivity contribution in [3.63, 3.8) is 0 Å². The molecular weight excluding hydrogens is 186 g/mol. The maximum atomic E-state index is 11.9. The molecule has 1 aliphatic rings. The largest absolute Gasteiger partial charge is 0.339 e. The van der Waals surface area contributed by atoms with Crippen LogP contribution in [0.3, 0.4) is 0 Å². The van der Waals surface area contributed by atoms with Crippen LogP contribution in [0.5, 0.6) is 0 Å². The lowest BCUT2D eigenvalue weighted by atomic mass is 9.81. The predicted octanol–water partition coefficient (Wildman–Crippen LogP) is 2.48. The first kappa shape index (κ1) is 12.1. The van der Waals surface area contributed by atoms with Crippen LogP contribution in [0.4, 0.5) is 0 Å². The Kier molecular flexibility index (Phi) is 3.44. The third-order valence-corrected chi connectivity index (χ3v) is 3.02. The minimum absolute atomic E-state index is 0.0577.